The molecule has 1 aromatic heterocycles. The molecule has 0 fully saturated rings. The topological polar surface area (TPSA) is 101 Å². The van der Waals surface area contributed by atoms with Gasteiger partial charge in [-0.25, -0.2) is 9.78 Å². The van der Waals surface area contributed by atoms with E-state index in [1.165, 1.54) is 31.3 Å². The molecule has 9 heteroatoms. The molecule has 1 aliphatic heterocycles. The third-order valence-corrected chi connectivity index (χ3v) is 3.76. The van der Waals surface area contributed by atoms with Gasteiger partial charge in [-0.15, -0.1) is 11.3 Å². The van der Waals surface area contributed by atoms with Crippen LogP contribution in [0.25, 0.3) is 5.76 Å². The van der Waals surface area contributed by atoms with Crippen molar-refractivity contribution in [2.24, 2.45) is 0 Å². The van der Waals surface area contributed by atoms with Crippen LogP contribution in [-0.2, 0) is 28.5 Å². The van der Waals surface area contributed by atoms with Gasteiger partial charge in [0, 0.05) is 25.3 Å². The van der Waals surface area contributed by atoms with Gasteiger partial charge in [-0.1, -0.05) is 0 Å². The van der Waals surface area contributed by atoms with Gasteiger partial charge < -0.3 is 18.9 Å². The standard InChI is InChI=1S/C15H17NO7S/c1-4-20-15(19)10-7-24-14(16-10)12-5-11(22-8(2)17)13(6-21-12)23-9(3)18/h5,7,11,13H,4,6H2,1-3H3. The summed E-state index contributed by atoms with van der Waals surface area (Å²) in [5.74, 6) is -1.19. The Bertz CT molecular complexity index is 667. The summed E-state index contributed by atoms with van der Waals surface area (Å²) in [6.45, 7) is 4.49. The first-order valence-corrected chi connectivity index (χ1v) is 8.10. The number of ether oxygens (including phenoxy) is 4. The Morgan fingerprint density at radius 1 is 1.29 bits per heavy atom. The van der Waals surface area contributed by atoms with Gasteiger partial charge in [-0.3, -0.25) is 9.59 Å². The predicted molar refractivity (Wildman–Crippen MR) is 83.1 cm³/mol. The number of carbonyl (C=O) groups excluding carboxylic acids is 3. The predicted octanol–water partition coefficient (Wildman–Crippen LogP) is 1.55. The van der Waals surface area contributed by atoms with Crippen molar-refractivity contribution in [3.05, 3.63) is 22.2 Å². The highest BCUT2D eigenvalue weighted by molar-refractivity contribution is 7.10. The molecule has 0 bridgehead atoms. The molecule has 0 aliphatic carbocycles. The number of aromatic nitrogens is 1. The quantitative estimate of drug-likeness (QED) is 0.579. The fourth-order valence-electron chi connectivity index (χ4n) is 2.01. The van der Waals surface area contributed by atoms with E-state index in [9.17, 15) is 14.4 Å². The molecule has 0 spiro atoms. The zero-order valence-electron chi connectivity index (χ0n) is 13.4. The zero-order valence-corrected chi connectivity index (χ0v) is 14.3. The van der Waals surface area contributed by atoms with Crippen molar-refractivity contribution < 1.29 is 33.3 Å². The van der Waals surface area contributed by atoms with Crippen LogP contribution in [0.3, 0.4) is 0 Å². The van der Waals surface area contributed by atoms with E-state index < -0.39 is 30.1 Å². The number of hydrogen-bond acceptors (Lipinski definition) is 9. The van der Waals surface area contributed by atoms with E-state index in [0.717, 1.165) is 0 Å². The number of thiazole rings is 1. The first-order chi connectivity index (χ1) is 11.4. The Kier molecular flexibility index (Phi) is 5.91. The van der Waals surface area contributed by atoms with Crippen molar-refractivity contribution in [1.82, 2.24) is 4.98 Å². The molecular formula is C15H17NO7S. The second-order valence-corrected chi connectivity index (χ2v) is 5.68. The van der Waals surface area contributed by atoms with Gasteiger partial charge in [0.15, 0.2) is 28.7 Å². The second kappa shape index (κ2) is 7.91. The second-order valence-electron chi connectivity index (χ2n) is 4.82. The molecule has 8 nitrogen and oxygen atoms in total. The molecule has 24 heavy (non-hydrogen) atoms. The number of hydrogen-bond donors (Lipinski definition) is 0. The third-order valence-electron chi connectivity index (χ3n) is 2.90. The Hall–Kier alpha value is -2.42. The van der Waals surface area contributed by atoms with Crippen molar-refractivity contribution >= 4 is 35.0 Å². The van der Waals surface area contributed by atoms with Crippen molar-refractivity contribution in [2.75, 3.05) is 13.2 Å². The number of nitrogens with zero attached hydrogens (tertiary/aromatic N) is 1. The van der Waals surface area contributed by atoms with E-state index >= 15 is 0 Å². The molecule has 0 N–H and O–H groups in total. The fraction of sp³-hybridized carbons (Fsp3) is 0.467. The van der Waals surface area contributed by atoms with Crippen LogP contribution in [-0.4, -0.2) is 48.3 Å². The van der Waals surface area contributed by atoms with E-state index in [-0.39, 0.29) is 18.9 Å². The maximum absolute atomic E-state index is 11.7. The average Bonchev–Trinajstić information content (AvgIpc) is 2.98. The lowest BCUT2D eigenvalue weighted by atomic mass is 10.1. The molecule has 2 unspecified atom stereocenters. The van der Waals surface area contributed by atoms with Crippen LogP contribution >= 0.6 is 11.3 Å². The van der Waals surface area contributed by atoms with Crippen LogP contribution in [0.4, 0.5) is 0 Å². The third kappa shape index (κ3) is 4.54. The minimum Gasteiger partial charge on any atom is -0.487 e. The number of rotatable bonds is 5. The highest BCUT2D eigenvalue weighted by Crippen LogP contribution is 2.27. The van der Waals surface area contributed by atoms with Gasteiger partial charge in [-0.05, 0) is 6.92 Å². The molecular weight excluding hydrogens is 338 g/mol. The summed E-state index contributed by atoms with van der Waals surface area (Å²) < 4.78 is 20.7. The Morgan fingerprint density at radius 2 is 2.00 bits per heavy atom. The van der Waals surface area contributed by atoms with Gasteiger partial charge in [-0.2, -0.15) is 0 Å². The van der Waals surface area contributed by atoms with Crippen LogP contribution in [0, 0.1) is 0 Å². The lowest BCUT2D eigenvalue weighted by molar-refractivity contribution is -0.165. The molecule has 0 saturated heterocycles. The van der Waals surface area contributed by atoms with E-state index in [1.54, 1.807) is 12.3 Å². The number of esters is 3. The lowest BCUT2D eigenvalue weighted by Crippen LogP contribution is -2.39. The summed E-state index contributed by atoms with van der Waals surface area (Å²) in [5, 5.41) is 1.99. The van der Waals surface area contributed by atoms with E-state index in [0.29, 0.717) is 10.8 Å². The lowest BCUT2D eigenvalue weighted by Gasteiger charge is -2.28. The van der Waals surface area contributed by atoms with Gasteiger partial charge >= 0.3 is 17.9 Å². The molecule has 2 heterocycles. The van der Waals surface area contributed by atoms with Gasteiger partial charge in [0.2, 0.25) is 0 Å². The summed E-state index contributed by atoms with van der Waals surface area (Å²) in [6.07, 6.45) is -0.0172. The largest absolute Gasteiger partial charge is 0.487 e. The Labute approximate surface area is 142 Å². The number of carbonyl (C=O) groups is 3. The van der Waals surface area contributed by atoms with Crippen LogP contribution in [0.1, 0.15) is 36.3 Å². The summed E-state index contributed by atoms with van der Waals surface area (Å²) >= 11 is 1.19. The highest BCUT2D eigenvalue weighted by atomic mass is 32.1. The SMILES string of the molecule is CCOC(=O)c1csc(C2=CC(OC(C)=O)C(OC(C)=O)CO2)n1. The zero-order chi connectivity index (χ0) is 17.7. The molecule has 1 aromatic rings. The Balaban J connectivity index is 2.20. The van der Waals surface area contributed by atoms with Crippen LogP contribution in [0.15, 0.2) is 11.5 Å². The smallest absolute Gasteiger partial charge is 0.357 e. The van der Waals surface area contributed by atoms with Crippen LogP contribution in [0.5, 0.6) is 0 Å². The van der Waals surface area contributed by atoms with E-state index in [1.807, 2.05) is 0 Å². The van der Waals surface area contributed by atoms with Crippen molar-refractivity contribution in [1.29, 1.82) is 0 Å². The van der Waals surface area contributed by atoms with Gasteiger partial charge in [0.05, 0.1) is 6.61 Å². The summed E-state index contributed by atoms with van der Waals surface area (Å²) in [6, 6.07) is 0. The Morgan fingerprint density at radius 3 is 2.62 bits per heavy atom. The first-order valence-electron chi connectivity index (χ1n) is 7.22. The first kappa shape index (κ1) is 17.9. The molecule has 0 aromatic carbocycles. The van der Waals surface area contributed by atoms with Gasteiger partial charge in [0.25, 0.3) is 0 Å². The molecule has 1 aliphatic rings. The van der Waals surface area contributed by atoms with Crippen molar-refractivity contribution in [3.8, 4) is 0 Å². The summed E-state index contributed by atoms with van der Waals surface area (Å²) in [7, 11) is 0. The monoisotopic (exact) mass is 355 g/mol. The molecule has 0 saturated carbocycles. The van der Waals surface area contributed by atoms with E-state index in [4.69, 9.17) is 18.9 Å². The minimum absolute atomic E-state index is 0.0116. The van der Waals surface area contributed by atoms with E-state index in [2.05, 4.69) is 4.98 Å². The molecule has 2 rings (SSSR count). The van der Waals surface area contributed by atoms with Crippen LogP contribution < -0.4 is 0 Å². The fourth-order valence-corrected chi connectivity index (χ4v) is 2.77. The molecule has 0 amide bonds. The summed E-state index contributed by atoms with van der Waals surface area (Å²) in [4.78, 5) is 38.2. The maximum atomic E-state index is 11.7. The summed E-state index contributed by atoms with van der Waals surface area (Å²) in [5.41, 5.74) is 0.174. The minimum atomic E-state index is -0.787. The molecule has 0 radical (unpaired) electrons. The van der Waals surface area contributed by atoms with Gasteiger partial charge in [0.1, 0.15) is 6.61 Å². The highest BCUT2D eigenvalue weighted by Gasteiger charge is 2.32. The van der Waals surface area contributed by atoms with Crippen LogP contribution in [0.2, 0.25) is 0 Å². The molecule has 2 atom stereocenters. The van der Waals surface area contributed by atoms with Crippen molar-refractivity contribution in [2.45, 2.75) is 33.0 Å². The maximum Gasteiger partial charge on any atom is 0.357 e. The average molecular weight is 355 g/mol. The normalized spacial score (nSPS) is 19.7. The van der Waals surface area contributed by atoms with Crippen molar-refractivity contribution in [3.63, 3.8) is 0 Å². The molecule has 130 valence electrons.